The molecule has 124 valence electrons. The Morgan fingerprint density at radius 1 is 1.21 bits per heavy atom. The van der Waals surface area contributed by atoms with E-state index in [1.54, 1.807) is 42.6 Å². The number of carboxylic acid groups (broad SMARTS) is 1. The third-order valence-electron chi connectivity index (χ3n) is 3.01. The van der Waals surface area contributed by atoms with E-state index in [9.17, 15) is 20.0 Å². The maximum Gasteiger partial charge on any atom is 0.269 e. The van der Waals surface area contributed by atoms with Crippen LogP contribution in [0.15, 0.2) is 53.6 Å². The van der Waals surface area contributed by atoms with Crippen LogP contribution in [0, 0.1) is 10.1 Å². The van der Waals surface area contributed by atoms with Gasteiger partial charge >= 0.3 is 0 Å². The molecule has 0 bridgehead atoms. The molecule has 0 aliphatic carbocycles. The summed E-state index contributed by atoms with van der Waals surface area (Å²) in [5.74, 6) is -0.875. The predicted molar refractivity (Wildman–Crippen MR) is 85.9 cm³/mol. The second kappa shape index (κ2) is 7.73. The average molecular weight is 328 g/mol. The molecular weight excluding hydrogens is 314 g/mol. The van der Waals surface area contributed by atoms with Crippen LogP contribution < -0.4 is 15.3 Å². The number of aliphatic carboxylic acids is 1. The Morgan fingerprint density at radius 3 is 2.38 bits per heavy atom. The quantitative estimate of drug-likeness (QED) is 0.468. The van der Waals surface area contributed by atoms with Crippen molar-refractivity contribution in [1.29, 1.82) is 0 Å². The first kappa shape index (κ1) is 16.9. The Bertz CT molecular complexity index is 741. The average Bonchev–Trinajstić information content (AvgIpc) is 2.56. The maximum atomic E-state index is 10.6. The topological polar surface area (TPSA) is 117 Å². The Kier molecular flexibility index (Phi) is 5.45. The first-order valence-corrected chi connectivity index (χ1v) is 6.97. The molecule has 8 nitrogen and oxygen atoms in total. The number of nitro groups is 1. The number of carbonyl (C=O) groups excluding carboxylic acids is 1. The molecular formula is C16H14N3O5-. The van der Waals surface area contributed by atoms with Gasteiger partial charge in [0.25, 0.3) is 5.69 Å². The molecule has 0 aliphatic rings. The van der Waals surface area contributed by atoms with Gasteiger partial charge in [-0.1, -0.05) is 0 Å². The maximum absolute atomic E-state index is 10.6. The molecule has 0 saturated heterocycles. The predicted octanol–water partition coefficient (Wildman–Crippen LogP) is 1.56. The molecule has 0 radical (unpaired) electrons. The molecule has 24 heavy (non-hydrogen) atoms. The van der Waals surface area contributed by atoms with E-state index in [1.807, 2.05) is 0 Å². The smallest absolute Gasteiger partial charge is 0.269 e. The number of non-ortho nitro benzene ring substituents is 1. The minimum Gasteiger partial charge on any atom is -0.546 e. The standard InChI is InChI=1S/C16H15N3O5/c1-11(16(20)21)24-15-8-2-12(3-9-15)10-17-18-13-4-6-14(7-5-13)19(22)23/h2-11,18H,1H3,(H,20,21)/p-1/b17-10-/t11-/m0/s1. The van der Waals surface area contributed by atoms with Gasteiger partial charge in [-0.2, -0.15) is 5.10 Å². The van der Waals surface area contributed by atoms with E-state index in [-0.39, 0.29) is 5.69 Å². The minimum atomic E-state index is -1.28. The molecule has 0 spiro atoms. The highest BCUT2D eigenvalue weighted by molar-refractivity contribution is 5.80. The van der Waals surface area contributed by atoms with E-state index in [0.717, 1.165) is 5.56 Å². The lowest BCUT2D eigenvalue weighted by Gasteiger charge is -2.15. The van der Waals surface area contributed by atoms with Crippen LogP contribution in [0.1, 0.15) is 12.5 Å². The number of carbonyl (C=O) groups is 1. The normalized spacial score (nSPS) is 11.9. The molecule has 1 atom stereocenters. The largest absolute Gasteiger partial charge is 0.546 e. The monoisotopic (exact) mass is 328 g/mol. The summed E-state index contributed by atoms with van der Waals surface area (Å²) < 4.78 is 5.16. The van der Waals surface area contributed by atoms with Crippen LogP contribution in [0.4, 0.5) is 11.4 Å². The van der Waals surface area contributed by atoms with E-state index >= 15 is 0 Å². The third-order valence-corrected chi connectivity index (χ3v) is 3.01. The number of hydrogen-bond donors (Lipinski definition) is 1. The van der Waals surface area contributed by atoms with E-state index in [0.29, 0.717) is 11.4 Å². The van der Waals surface area contributed by atoms with Crippen molar-refractivity contribution in [2.24, 2.45) is 5.10 Å². The molecule has 0 aromatic heterocycles. The van der Waals surface area contributed by atoms with Crippen LogP contribution in [0.3, 0.4) is 0 Å². The van der Waals surface area contributed by atoms with E-state index in [1.165, 1.54) is 19.1 Å². The van der Waals surface area contributed by atoms with Gasteiger partial charge in [0.1, 0.15) is 11.9 Å². The molecule has 0 amide bonds. The van der Waals surface area contributed by atoms with E-state index < -0.39 is 17.0 Å². The van der Waals surface area contributed by atoms with Crippen molar-refractivity contribution < 1.29 is 19.6 Å². The molecule has 2 rings (SSSR count). The lowest BCUT2D eigenvalue weighted by Crippen LogP contribution is -2.37. The molecule has 2 aromatic carbocycles. The van der Waals surface area contributed by atoms with Crippen LogP contribution in [0.2, 0.25) is 0 Å². The van der Waals surface area contributed by atoms with Crippen molar-refractivity contribution >= 4 is 23.6 Å². The molecule has 2 aromatic rings. The van der Waals surface area contributed by atoms with Crippen LogP contribution in [0.5, 0.6) is 5.75 Å². The molecule has 8 heteroatoms. The minimum absolute atomic E-state index is 0.00547. The SMILES string of the molecule is C[C@H](Oc1ccc(/C=N\Nc2ccc([N+](=O)[O-])cc2)cc1)C(=O)[O-]. The Hall–Kier alpha value is -3.42. The number of rotatable bonds is 7. The summed E-state index contributed by atoms with van der Waals surface area (Å²) in [6.45, 7) is 1.39. The number of ether oxygens (including phenoxy) is 1. The molecule has 0 heterocycles. The van der Waals surface area contributed by atoms with Gasteiger partial charge in [0.05, 0.1) is 22.8 Å². The number of hydrogen-bond acceptors (Lipinski definition) is 7. The van der Waals surface area contributed by atoms with Crippen molar-refractivity contribution in [3.05, 3.63) is 64.2 Å². The van der Waals surface area contributed by atoms with Crippen molar-refractivity contribution in [3.63, 3.8) is 0 Å². The highest BCUT2D eigenvalue weighted by Gasteiger charge is 2.04. The summed E-state index contributed by atoms with van der Waals surface area (Å²) in [6, 6.07) is 12.5. The van der Waals surface area contributed by atoms with E-state index in [2.05, 4.69) is 10.5 Å². The van der Waals surface area contributed by atoms with Gasteiger partial charge in [0.15, 0.2) is 0 Å². The fourth-order valence-electron chi connectivity index (χ4n) is 1.72. The molecule has 0 aliphatic heterocycles. The summed E-state index contributed by atoms with van der Waals surface area (Å²) in [7, 11) is 0. The van der Waals surface area contributed by atoms with Crippen molar-refractivity contribution in [2.45, 2.75) is 13.0 Å². The molecule has 0 unspecified atom stereocenters. The fourth-order valence-corrected chi connectivity index (χ4v) is 1.72. The number of carboxylic acids is 1. The van der Waals surface area contributed by atoms with E-state index in [4.69, 9.17) is 4.74 Å². The van der Waals surface area contributed by atoms with Crippen LogP contribution in [-0.2, 0) is 4.79 Å². The number of nitrogens with one attached hydrogen (secondary N) is 1. The van der Waals surface area contributed by atoms with Gasteiger partial charge in [0, 0.05) is 12.1 Å². The number of hydrazone groups is 1. The van der Waals surface area contributed by atoms with Gasteiger partial charge in [-0.3, -0.25) is 15.5 Å². The van der Waals surface area contributed by atoms with Crippen LogP contribution in [-0.4, -0.2) is 23.2 Å². The first-order valence-electron chi connectivity index (χ1n) is 6.97. The van der Waals surface area contributed by atoms with Gasteiger partial charge < -0.3 is 14.6 Å². The lowest BCUT2D eigenvalue weighted by atomic mass is 10.2. The third kappa shape index (κ3) is 4.80. The highest BCUT2D eigenvalue weighted by Crippen LogP contribution is 2.16. The molecule has 1 N–H and O–H groups in total. The zero-order chi connectivity index (χ0) is 17.5. The van der Waals surface area contributed by atoms with Crippen molar-refractivity contribution in [2.75, 3.05) is 5.43 Å². The zero-order valence-corrected chi connectivity index (χ0v) is 12.7. The van der Waals surface area contributed by atoms with Crippen molar-refractivity contribution in [3.8, 4) is 5.75 Å². The van der Waals surface area contributed by atoms with Crippen LogP contribution in [0.25, 0.3) is 0 Å². The number of nitrogens with zero attached hydrogens (tertiary/aromatic N) is 2. The zero-order valence-electron chi connectivity index (χ0n) is 12.7. The summed E-state index contributed by atoms with van der Waals surface area (Å²) >= 11 is 0. The summed E-state index contributed by atoms with van der Waals surface area (Å²) in [6.07, 6.45) is 0.515. The number of anilines is 1. The second-order valence-corrected chi connectivity index (χ2v) is 4.82. The Morgan fingerprint density at radius 2 is 1.83 bits per heavy atom. The second-order valence-electron chi connectivity index (χ2n) is 4.82. The number of nitro benzene ring substituents is 1. The molecule has 0 saturated carbocycles. The van der Waals surface area contributed by atoms with Gasteiger partial charge in [-0.15, -0.1) is 0 Å². The first-order chi connectivity index (χ1) is 11.5. The summed E-state index contributed by atoms with van der Waals surface area (Å²) in [5, 5.41) is 25.2. The van der Waals surface area contributed by atoms with Crippen LogP contribution >= 0.6 is 0 Å². The van der Waals surface area contributed by atoms with Gasteiger partial charge in [-0.05, 0) is 48.9 Å². The highest BCUT2D eigenvalue weighted by atomic mass is 16.6. The number of benzene rings is 2. The van der Waals surface area contributed by atoms with Crippen molar-refractivity contribution in [1.82, 2.24) is 0 Å². The van der Waals surface area contributed by atoms with Gasteiger partial charge in [0.2, 0.25) is 0 Å². The lowest BCUT2D eigenvalue weighted by molar-refractivity contribution is -0.384. The Labute approximate surface area is 137 Å². The molecule has 0 fully saturated rings. The van der Waals surface area contributed by atoms with Gasteiger partial charge in [-0.25, -0.2) is 0 Å². The summed E-state index contributed by atoms with van der Waals surface area (Å²) in [4.78, 5) is 20.7. The summed E-state index contributed by atoms with van der Waals surface area (Å²) in [5.41, 5.74) is 4.13. The Balaban J connectivity index is 1.92. The fraction of sp³-hybridized carbons (Fsp3) is 0.125.